The Balaban J connectivity index is 1.33. The highest BCUT2D eigenvalue weighted by Gasteiger charge is 2.22. The quantitative estimate of drug-likeness (QED) is 0.810. The van der Waals surface area contributed by atoms with E-state index in [1.54, 1.807) is 0 Å². The molecule has 124 valence electrons. The van der Waals surface area contributed by atoms with Crippen molar-refractivity contribution in [2.24, 2.45) is 5.92 Å². The minimum Gasteiger partial charge on any atom is -0.390 e. The van der Waals surface area contributed by atoms with Crippen LogP contribution in [-0.4, -0.2) is 47.3 Å². The second-order valence-corrected chi connectivity index (χ2v) is 8.21. The maximum atomic E-state index is 10.2. The second-order valence-electron chi connectivity index (χ2n) is 7.06. The lowest BCUT2D eigenvalue weighted by Gasteiger charge is -2.31. The molecular weight excluding hydrogens is 294 g/mol. The molecular formula is C17H29N3OS. The molecule has 2 aliphatic rings. The number of likely N-dealkylation sites (tertiary alicyclic amines) is 1. The van der Waals surface area contributed by atoms with Gasteiger partial charge in [0.2, 0.25) is 0 Å². The lowest BCUT2D eigenvalue weighted by Crippen LogP contribution is -2.41. The smallest absolute Gasteiger partial charge is 0.0959 e. The number of thiazole rings is 1. The van der Waals surface area contributed by atoms with Gasteiger partial charge in [0.25, 0.3) is 0 Å². The Kier molecular flexibility index (Phi) is 5.85. The van der Waals surface area contributed by atoms with E-state index in [-0.39, 0.29) is 6.10 Å². The molecule has 1 unspecified atom stereocenters. The number of nitrogens with zero attached hydrogens (tertiary/aromatic N) is 2. The zero-order valence-electron chi connectivity index (χ0n) is 13.6. The van der Waals surface area contributed by atoms with Gasteiger partial charge in [-0.2, -0.15) is 0 Å². The van der Waals surface area contributed by atoms with Crippen molar-refractivity contribution in [2.75, 3.05) is 26.2 Å². The van der Waals surface area contributed by atoms with Crippen LogP contribution in [0.4, 0.5) is 0 Å². The Labute approximate surface area is 137 Å². The fourth-order valence-electron chi connectivity index (χ4n) is 3.22. The van der Waals surface area contributed by atoms with E-state index in [9.17, 15) is 5.11 Å². The van der Waals surface area contributed by atoms with Gasteiger partial charge >= 0.3 is 0 Å². The molecule has 2 fully saturated rings. The predicted octanol–water partition coefficient (Wildman–Crippen LogP) is 2.59. The summed E-state index contributed by atoms with van der Waals surface area (Å²) in [6, 6.07) is 0. The summed E-state index contributed by atoms with van der Waals surface area (Å²) in [5.41, 5.74) is 0. The molecule has 1 aliphatic carbocycles. The third kappa shape index (κ3) is 4.51. The number of aliphatic hydroxyl groups is 1. The van der Waals surface area contributed by atoms with Gasteiger partial charge < -0.3 is 15.3 Å². The maximum absolute atomic E-state index is 10.2. The van der Waals surface area contributed by atoms with Crippen LogP contribution in [0.25, 0.3) is 0 Å². The number of rotatable bonds is 7. The van der Waals surface area contributed by atoms with Crippen molar-refractivity contribution in [1.29, 1.82) is 0 Å². The Morgan fingerprint density at radius 1 is 1.36 bits per heavy atom. The van der Waals surface area contributed by atoms with Gasteiger partial charge in [-0.3, -0.25) is 0 Å². The van der Waals surface area contributed by atoms with Gasteiger partial charge in [0.05, 0.1) is 11.1 Å². The first-order valence-corrected chi connectivity index (χ1v) is 9.58. The van der Waals surface area contributed by atoms with Crippen LogP contribution in [0.15, 0.2) is 6.20 Å². The van der Waals surface area contributed by atoms with Crippen LogP contribution in [0.3, 0.4) is 0 Å². The zero-order chi connectivity index (χ0) is 15.4. The van der Waals surface area contributed by atoms with Gasteiger partial charge in [-0.1, -0.05) is 13.3 Å². The second kappa shape index (κ2) is 7.86. The van der Waals surface area contributed by atoms with Gasteiger partial charge in [-0.25, -0.2) is 4.98 Å². The van der Waals surface area contributed by atoms with E-state index in [0.717, 1.165) is 38.0 Å². The molecule has 2 heterocycles. The van der Waals surface area contributed by atoms with Crippen LogP contribution in [0.5, 0.6) is 0 Å². The third-order valence-corrected chi connectivity index (χ3v) is 6.21. The van der Waals surface area contributed by atoms with Crippen molar-refractivity contribution in [1.82, 2.24) is 15.2 Å². The van der Waals surface area contributed by atoms with Crippen LogP contribution in [-0.2, 0) is 6.54 Å². The molecule has 0 aromatic carbocycles. The van der Waals surface area contributed by atoms with Gasteiger partial charge in [-0.15, -0.1) is 11.3 Å². The number of β-amino-alcohol motifs (C(OH)–C–C–N with tert-alkyl or cyclic N) is 1. The summed E-state index contributed by atoms with van der Waals surface area (Å²) >= 11 is 1.84. The van der Waals surface area contributed by atoms with Gasteiger partial charge in [-0.05, 0) is 44.7 Å². The predicted molar refractivity (Wildman–Crippen MR) is 91.3 cm³/mol. The summed E-state index contributed by atoms with van der Waals surface area (Å²) < 4.78 is 0. The number of hydrogen-bond acceptors (Lipinski definition) is 5. The van der Waals surface area contributed by atoms with Gasteiger partial charge in [0.1, 0.15) is 0 Å². The van der Waals surface area contributed by atoms with Crippen molar-refractivity contribution in [2.45, 2.75) is 57.6 Å². The topological polar surface area (TPSA) is 48.4 Å². The van der Waals surface area contributed by atoms with E-state index in [1.807, 2.05) is 17.5 Å². The Hall–Kier alpha value is -0.490. The normalized spacial score (nSPS) is 22.6. The maximum Gasteiger partial charge on any atom is 0.0959 e. The summed E-state index contributed by atoms with van der Waals surface area (Å²) in [7, 11) is 0. The molecule has 4 nitrogen and oxygen atoms in total. The highest BCUT2D eigenvalue weighted by atomic mass is 32.1. The lowest BCUT2D eigenvalue weighted by atomic mass is 9.86. The molecule has 2 N–H and O–H groups in total. The summed E-state index contributed by atoms with van der Waals surface area (Å²) in [6.45, 7) is 6.90. The SMILES string of the molecule is CC1CCN(CC(O)CNCc2cnc(C3CCC3)s2)CC1. The lowest BCUT2D eigenvalue weighted by molar-refractivity contribution is 0.0907. The standard InChI is InChI=1S/C17H29N3OS/c1-13-5-7-20(8-6-13)12-15(21)9-18-10-16-11-19-17(22-16)14-3-2-4-14/h11,13-15,18,21H,2-10,12H2,1H3. The molecule has 1 atom stereocenters. The minimum absolute atomic E-state index is 0.271. The highest BCUT2D eigenvalue weighted by Crippen LogP contribution is 2.38. The molecule has 1 saturated carbocycles. The number of nitrogens with one attached hydrogen (secondary N) is 1. The molecule has 3 rings (SSSR count). The molecule has 0 amide bonds. The molecule has 1 aromatic rings. The van der Waals surface area contributed by atoms with Crippen molar-refractivity contribution in [3.05, 3.63) is 16.1 Å². The van der Waals surface area contributed by atoms with Crippen LogP contribution < -0.4 is 5.32 Å². The van der Waals surface area contributed by atoms with E-state index < -0.39 is 0 Å². The van der Waals surface area contributed by atoms with E-state index >= 15 is 0 Å². The van der Waals surface area contributed by atoms with Gasteiger partial charge in [0.15, 0.2) is 0 Å². The summed E-state index contributed by atoms with van der Waals surface area (Å²) in [5, 5.41) is 14.9. The molecule has 1 aromatic heterocycles. The van der Waals surface area contributed by atoms with Gasteiger partial charge in [0, 0.05) is 36.6 Å². The number of aromatic nitrogens is 1. The number of aliphatic hydroxyl groups excluding tert-OH is 1. The van der Waals surface area contributed by atoms with Crippen LogP contribution >= 0.6 is 11.3 Å². The number of piperidine rings is 1. The molecule has 1 aliphatic heterocycles. The van der Waals surface area contributed by atoms with Crippen LogP contribution in [0.2, 0.25) is 0 Å². The van der Waals surface area contributed by atoms with Crippen molar-refractivity contribution in [3.8, 4) is 0 Å². The highest BCUT2D eigenvalue weighted by molar-refractivity contribution is 7.11. The molecule has 22 heavy (non-hydrogen) atoms. The summed E-state index contributed by atoms with van der Waals surface area (Å²) in [4.78, 5) is 8.23. The number of hydrogen-bond donors (Lipinski definition) is 2. The summed E-state index contributed by atoms with van der Waals surface area (Å²) in [5.74, 6) is 1.58. The monoisotopic (exact) mass is 323 g/mol. The molecule has 0 radical (unpaired) electrons. The summed E-state index contributed by atoms with van der Waals surface area (Å²) in [6.07, 6.45) is 8.26. The largest absolute Gasteiger partial charge is 0.390 e. The third-order valence-electron chi connectivity index (χ3n) is 5.05. The zero-order valence-corrected chi connectivity index (χ0v) is 14.4. The van der Waals surface area contributed by atoms with Crippen molar-refractivity contribution < 1.29 is 5.11 Å². The molecule has 5 heteroatoms. The molecule has 0 bridgehead atoms. The minimum atomic E-state index is -0.271. The fraction of sp³-hybridized carbons (Fsp3) is 0.824. The Bertz CT molecular complexity index is 453. The molecule has 0 spiro atoms. The Morgan fingerprint density at radius 3 is 2.82 bits per heavy atom. The van der Waals surface area contributed by atoms with E-state index in [2.05, 4.69) is 22.1 Å². The Morgan fingerprint density at radius 2 is 2.14 bits per heavy atom. The van der Waals surface area contributed by atoms with Crippen LogP contribution in [0, 0.1) is 5.92 Å². The van der Waals surface area contributed by atoms with Crippen molar-refractivity contribution in [3.63, 3.8) is 0 Å². The van der Waals surface area contributed by atoms with E-state index in [0.29, 0.717) is 6.54 Å². The average molecular weight is 324 g/mol. The average Bonchev–Trinajstić information content (AvgIpc) is 2.88. The van der Waals surface area contributed by atoms with E-state index in [1.165, 1.54) is 42.0 Å². The first kappa shape index (κ1) is 16.4. The first-order valence-electron chi connectivity index (χ1n) is 8.76. The van der Waals surface area contributed by atoms with Crippen LogP contribution in [0.1, 0.15) is 54.8 Å². The fourth-order valence-corrected chi connectivity index (χ4v) is 4.27. The van der Waals surface area contributed by atoms with E-state index in [4.69, 9.17) is 0 Å². The first-order chi connectivity index (χ1) is 10.7. The molecule has 1 saturated heterocycles. The van der Waals surface area contributed by atoms with Crippen molar-refractivity contribution >= 4 is 11.3 Å².